The van der Waals surface area contributed by atoms with Gasteiger partial charge in [0.25, 0.3) is 10.0 Å². The van der Waals surface area contributed by atoms with E-state index >= 15 is 0 Å². The molecular formula is C12H13N5O2S. The summed E-state index contributed by atoms with van der Waals surface area (Å²) in [6, 6.07) is 8.40. The number of hydrogen-bond acceptors (Lipinski definition) is 5. The smallest absolute Gasteiger partial charge is 0.283 e. The van der Waals surface area contributed by atoms with Crippen molar-refractivity contribution >= 4 is 21.5 Å². The maximum Gasteiger partial charge on any atom is 0.283 e. The first-order chi connectivity index (χ1) is 9.39. The van der Waals surface area contributed by atoms with Crippen molar-refractivity contribution in [2.45, 2.75) is 5.03 Å². The third-order valence-corrected chi connectivity index (χ3v) is 4.78. The second-order valence-corrected chi connectivity index (χ2v) is 6.03. The van der Waals surface area contributed by atoms with Crippen LogP contribution in [0.2, 0.25) is 0 Å². The van der Waals surface area contributed by atoms with Crippen molar-refractivity contribution in [2.75, 3.05) is 17.1 Å². The van der Waals surface area contributed by atoms with Gasteiger partial charge < -0.3 is 10.3 Å². The zero-order valence-corrected chi connectivity index (χ0v) is 11.8. The first kappa shape index (κ1) is 13.9. The summed E-state index contributed by atoms with van der Waals surface area (Å²) in [5, 5.41) is 8.96. The van der Waals surface area contributed by atoms with Gasteiger partial charge in [-0.15, -0.1) is 0 Å². The quantitative estimate of drug-likeness (QED) is 0.896. The van der Waals surface area contributed by atoms with E-state index in [1.165, 1.54) is 17.9 Å². The van der Waals surface area contributed by atoms with Crippen LogP contribution >= 0.6 is 0 Å². The molecule has 0 saturated carbocycles. The predicted molar refractivity (Wildman–Crippen MR) is 74.4 cm³/mol. The number of rotatable bonds is 3. The number of aryl methyl sites for hydroxylation is 1. The van der Waals surface area contributed by atoms with Gasteiger partial charge in [0.05, 0.1) is 17.6 Å². The highest BCUT2D eigenvalue weighted by Gasteiger charge is 2.28. The summed E-state index contributed by atoms with van der Waals surface area (Å²) in [6.07, 6.45) is 1.33. The minimum absolute atomic E-state index is 0.0752. The Balaban J connectivity index is 2.59. The predicted octanol–water partition coefficient (Wildman–Crippen LogP) is 0.699. The number of nitrogens with zero attached hydrogens (tertiary/aromatic N) is 4. The van der Waals surface area contributed by atoms with Crippen molar-refractivity contribution in [3.05, 3.63) is 36.2 Å². The molecule has 1 aromatic carbocycles. The van der Waals surface area contributed by atoms with E-state index in [1.807, 2.05) is 6.07 Å². The van der Waals surface area contributed by atoms with Gasteiger partial charge >= 0.3 is 0 Å². The molecule has 1 heterocycles. The summed E-state index contributed by atoms with van der Waals surface area (Å²) in [5.41, 5.74) is 6.16. The number of nitrogen functional groups attached to an aromatic ring is 1. The lowest BCUT2D eigenvalue weighted by Crippen LogP contribution is -2.29. The molecule has 2 aromatic rings. The van der Waals surface area contributed by atoms with E-state index in [1.54, 1.807) is 31.3 Å². The molecule has 104 valence electrons. The van der Waals surface area contributed by atoms with Crippen molar-refractivity contribution in [1.29, 1.82) is 5.26 Å². The number of imidazole rings is 1. The molecule has 0 spiro atoms. The molecule has 2 N–H and O–H groups in total. The lowest BCUT2D eigenvalue weighted by Gasteiger charge is -2.20. The molecule has 0 amide bonds. The summed E-state index contributed by atoms with van der Waals surface area (Å²) in [4.78, 5) is 3.77. The molecule has 8 heteroatoms. The van der Waals surface area contributed by atoms with Crippen LogP contribution in [0.15, 0.2) is 35.6 Å². The minimum Gasteiger partial charge on any atom is -0.381 e. The van der Waals surface area contributed by atoms with Gasteiger partial charge in [-0.25, -0.2) is 4.98 Å². The monoisotopic (exact) mass is 291 g/mol. The second kappa shape index (κ2) is 4.86. The zero-order valence-electron chi connectivity index (χ0n) is 11.0. The summed E-state index contributed by atoms with van der Waals surface area (Å²) < 4.78 is 27.5. The SMILES string of the molecule is CN(c1ccccc1C#N)S(=O)(=O)c1c(N)ncn1C. The fourth-order valence-electron chi connectivity index (χ4n) is 1.85. The highest BCUT2D eigenvalue weighted by molar-refractivity contribution is 7.92. The number of benzene rings is 1. The highest BCUT2D eigenvalue weighted by atomic mass is 32.2. The van der Waals surface area contributed by atoms with Crippen molar-refractivity contribution in [3.63, 3.8) is 0 Å². The third kappa shape index (κ3) is 2.08. The number of nitrogens with two attached hydrogens (primary N) is 1. The Hall–Kier alpha value is -2.53. The number of nitriles is 1. The molecule has 1 aromatic heterocycles. The van der Waals surface area contributed by atoms with Gasteiger partial charge in [0, 0.05) is 14.1 Å². The van der Waals surface area contributed by atoms with Gasteiger partial charge in [-0.2, -0.15) is 13.7 Å². The Morgan fingerprint density at radius 2 is 2.05 bits per heavy atom. The molecule has 7 nitrogen and oxygen atoms in total. The fraction of sp³-hybridized carbons (Fsp3) is 0.167. The molecule has 0 aliphatic rings. The Bertz CT molecular complexity index is 769. The summed E-state index contributed by atoms with van der Waals surface area (Å²) in [7, 11) is -0.970. The van der Waals surface area contributed by atoms with E-state index in [4.69, 9.17) is 11.0 Å². The summed E-state index contributed by atoms with van der Waals surface area (Å²) >= 11 is 0. The molecule has 20 heavy (non-hydrogen) atoms. The van der Waals surface area contributed by atoms with Crippen LogP contribution < -0.4 is 10.0 Å². The molecule has 0 saturated heterocycles. The Labute approximate surface area is 116 Å². The Morgan fingerprint density at radius 3 is 2.60 bits per heavy atom. The molecular weight excluding hydrogens is 278 g/mol. The average molecular weight is 291 g/mol. The van der Waals surface area contributed by atoms with E-state index in [-0.39, 0.29) is 22.1 Å². The van der Waals surface area contributed by atoms with Crippen molar-refractivity contribution in [3.8, 4) is 6.07 Å². The van der Waals surface area contributed by atoms with Gasteiger partial charge in [0.15, 0.2) is 10.8 Å². The fourth-order valence-corrected chi connectivity index (χ4v) is 3.26. The molecule has 2 rings (SSSR count). The Morgan fingerprint density at radius 1 is 1.40 bits per heavy atom. The summed E-state index contributed by atoms with van der Waals surface area (Å²) in [6.45, 7) is 0. The first-order valence-electron chi connectivity index (χ1n) is 5.64. The minimum atomic E-state index is -3.88. The van der Waals surface area contributed by atoms with Crippen LogP contribution in [-0.4, -0.2) is 25.0 Å². The molecule has 0 aliphatic carbocycles. The zero-order chi connectivity index (χ0) is 14.9. The highest BCUT2D eigenvalue weighted by Crippen LogP contribution is 2.27. The van der Waals surface area contributed by atoms with Gasteiger partial charge in [-0.05, 0) is 12.1 Å². The van der Waals surface area contributed by atoms with E-state index in [0.717, 1.165) is 4.31 Å². The Kier molecular flexibility index (Phi) is 3.38. The summed E-state index contributed by atoms with van der Waals surface area (Å²) in [5.74, 6) is -0.0752. The first-order valence-corrected chi connectivity index (χ1v) is 7.08. The van der Waals surface area contributed by atoms with Crippen LogP contribution in [0.25, 0.3) is 0 Å². The van der Waals surface area contributed by atoms with Gasteiger partial charge in [0.1, 0.15) is 6.07 Å². The molecule has 0 aliphatic heterocycles. The third-order valence-electron chi connectivity index (χ3n) is 2.88. The number of aromatic nitrogens is 2. The largest absolute Gasteiger partial charge is 0.381 e. The average Bonchev–Trinajstić information content (AvgIpc) is 2.77. The van der Waals surface area contributed by atoms with E-state index < -0.39 is 10.0 Å². The van der Waals surface area contributed by atoms with Crippen LogP contribution in [0.4, 0.5) is 11.5 Å². The van der Waals surface area contributed by atoms with Gasteiger partial charge in [0.2, 0.25) is 0 Å². The standard InChI is InChI=1S/C12H13N5O2S/c1-16-8-15-11(14)12(16)20(18,19)17(2)10-6-4-3-5-9(10)7-13/h3-6,8H,14H2,1-2H3. The maximum atomic E-state index is 12.6. The van der Waals surface area contributed by atoms with Crippen molar-refractivity contribution < 1.29 is 8.42 Å². The molecule has 0 radical (unpaired) electrons. The van der Waals surface area contributed by atoms with E-state index in [2.05, 4.69) is 4.98 Å². The van der Waals surface area contributed by atoms with Crippen molar-refractivity contribution in [2.24, 2.45) is 7.05 Å². The van der Waals surface area contributed by atoms with Gasteiger partial charge in [-0.1, -0.05) is 12.1 Å². The van der Waals surface area contributed by atoms with E-state index in [0.29, 0.717) is 0 Å². The van der Waals surface area contributed by atoms with Crippen LogP contribution in [0.3, 0.4) is 0 Å². The number of para-hydroxylation sites is 1. The topological polar surface area (TPSA) is 105 Å². The van der Waals surface area contributed by atoms with E-state index in [9.17, 15) is 8.42 Å². The number of sulfonamides is 1. The normalized spacial score (nSPS) is 11.1. The number of hydrogen-bond donors (Lipinski definition) is 1. The van der Waals surface area contributed by atoms with Crippen LogP contribution in [0, 0.1) is 11.3 Å². The molecule has 0 fully saturated rings. The van der Waals surface area contributed by atoms with Gasteiger partial charge in [-0.3, -0.25) is 4.31 Å². The molecule has 0 atom stereocenters. The van der Waals surface area contributed by atoms with Crippen LogP contribution in [-0.2, 0) is 17.1 Å². The lowest BCUT2D eigenvalue weighted by atomic mass is 10.2. The molecule has 0 unspecified atom stereocenters. The maximum absolute atomic E-state index is 12.6. The number of anilines is 2. The van der Waals surface area contributed by atoms with Crippen LogP contribution in [0.5, 0.6) is 0 Å². The van der Waals surface area contributed by atoms with Crippen LogP contribution in [0.1, 0.15) is 5.56 Å². The lowest BCUT2D eigenvalue weighted by molar-refractivity contribution is 0.585. The second-order valence-electron chi connectivity index (χ2n) is 4.15. The van der Waals surface area contributed by atoms with Crippen molar-refractivity contribution in [1.82, 2.24) is 9.55 Å². The molecule has 0 bridgehead atoms.